The van der Waals surface area contributed by atoms with Gasteiger partial charge in [0.2, 0.25) is 0 Å². The van der Waals surface area contributed by atoms with Gasteiger partial charge in [0, 0.05) is 11.6 Å². The number of rotatable bonds is 2. The number of nitriles is 1. The van der Waals surface area contributed by atoms with E-state index < -0.39 is 11.2 Å². The van der Waals surface area contributed by atoms with E-state index >= 15 is 0 Å². The maximum absolute atomic E-state index is 13.3. The maximum atomic E-state index is 13.3. The minimum absolute atomic E-state index is 0.0392. The molecule has 0 amide bonds. The average Bonchev–Trinajstić information content (AvgIpc) is 2.22. The average molecular weight is 240 g/mol. The molecule has 0 bridgehead atoms. The van der Waals surface area contributed by atoms with Crippen LogP contribution in [0.5, 0.6) is 5.75 Å². The van der Waals surface area contributed by atoms with Gasteiger partial charge < -0.3 is 4.74 Å². The first-order valence-electron chi connectivity index (χ1n) is 5.08. The smallest absolute Gasteiger partial charge is 0.145 e. The summed E-state index contributed by atoms with van der Waals surface area (Å²) in [6.07, 6.45) is 2.56. The van der Waals surface area contributed by atoms with Crippen LogP contribution in [0.3, 0.4) is 0 Å². The van der Waals surface area contributed by atoms with Gasteiger partial charge in [-0.05, 0) is 25.3 Å². The van der Waals surface area contributed by atoms with Gasteiger partial charge in [0.1, 0.15) is 11.6 Å². The van der Waals surface area contributed by atoms with Crippen molar-refractivity contribution in [3.8, 4) is 11.8 Å². The summed E-state index contributed by atoms with van der Waals surface area (Å²) in [6.45, 7) is 0. The van der Waals surface area contributed by atoms with Crippen LogP contribution in [0.25, 0.3) is 0 Å². The summed E-state index contributed by atoms with van der Waals surface area (Å²) < 4.78 is 18.4. The van der Waals surface area contributed by atoms with Crippen molar-refractivity contribution in [1.29, 1.82) is 5.26 Å². The SMILES string of the molecule is COc1cc(F)c(Cl)cc1C1(C#N)CCC1. The highest BCUT2D eigenvalue weighted by Gasteiger charge is 2.41. The largest absolute Gasteiger partial charge is 0.496 e. The molecular weight excluding hydrogens is 229 g/mol. The van der Waals surface area contributed by atoms with Gasteiger partial charge in [-0.1, -0.05) is 11.6 Å². The van der Waals surface area contributed by atoms with Gasteiger partial charge >= 0.3 is 0 Å². The first-order valence-corrected chi connectivity index (χ1v) is 5.45. The second kappa shape index (κ2) is 3.95. The Morgan fingerprint density at radius 1 is 1.50 bits per heavy atom. The molecule has 2 nitrogen and oxygen atoms in total. The second-order valence-electron chi connectivity index (χ2n) is 4.01. The van der Waals surface area contributed by atoms with Crippen LogP contribution in [-0.2, 0) is 5.41 Å². The molecule has 1 fully saturated rings. The van der Waals surface area contributed by atoms with Crippen LogP contribution < -0.4 is 4.74 Å². The van der Waals surface area contributed by atoms with E-state index in [-0.39, 0.29) is 5.02 Å². The molecule has 4 heteroatoms. The number of hydrogen-bond donors (Lipinski definition) is 0. The Balaban J connectivity index is 2.55. The molecule has 84 valence electrons. The van der Waals surface area contributed by atoms with Gasteiger partial charge in [-0.25, -0.2) is 4.39 Å². The lowest BCUT2D eigenvalue weighted by atomic mass is 9.65. The maximum Gasteiger partial charge on any atom is 0.145 e. The molecule has 0 aliphatic heterocycles. The highest BCUT2D eigenvalue weighted by molar-refractivity contribution is 6.30. The van der Waals surface area contributed by atoms with E-state index in [9.17, 15) is 9.65 Å². The molecule has 1 saturated carbocycles. The van der Waals surface area contributed by atoms with Crippen LogP contribution in [-0.4, -0.2) is 7.11 Å². The van der Waals surface area contributed by atoms with Crippen molar-refractivity contribution in [2.75, 3.05) is 7.11 Å². The number of hydrogen-bond acceptors (Lipinski definition) is 2. The van der Waals surface area contributed by atoms with E-state index in [2.05, 4.69) is 6.07 Å². The molecule has 1 aromatic carbocycles. The Kier molecular flexibility index (Phi) is 2.77. The zero-order valence-electron chi connectivity index (χ0n) is 8.89. The number of methoxy groups -OCH3 is 1. The van der Waals surface area contributed by atoms with Crippen LogP contribution >= 0.6 is 11.6 Å². The predicted molar refractivity (Wildman–Crippen MR) is 59.1 cm³/mol. The Labute approximate surface area is 98.6 Å². The molecule has 0 spiro atoms. The summed E-state index contributed by atoms with van der Waals surface area (Å²) >= 11 is 5.75. The van der Waals surface area contributed by atoms with E-state index in [4.69, 9.17) is 16.3 Å². The molecule has 1 aromatic rings. The van der Waals surface area contributed by atoms with E-state index in [0.29, 0.717) is 11.3 Å². The zero-order valence-corrected chi connectivity index (χ0v) is 9.64. The summed E-state index contributed by atoms with van der Waals surface area (Å²) in [7, 11) is 1.47. The van der Waals surface area contributed by atoms with Crippen molar-refractivity contribution in [1.82, 2.24) is 0 Å². The summed E-state index contributed by atoms with van der Waals surface area (Å²) in [5, 5.41) is 9.27. The molecule has 0 heterocycles. The minimum Gasteiger partial charge on any atom is -0.496 e. The standard InChI is InChI=1S/C12H11ClFNO/c1-16-11-6-10(14)9(13)5-8(11)12(7-15)3-2-4-12/h5-6H,2-4H2,1H3. The lowest BCUT2D eigenvalue weighted by molar-refractivity contribution is 0.306. The van der Waals surface area contributed by atoms with Crippen LogP contribution in [0, 0.1) is 17.1 Å². The molecule has 1 aliphatic carbocycles. The summed E-state index contributed by atoms with van der Waals surface area (Å²) in [4.78, 5) is 0. The summed E-state index contributed by atoms with van der Waals surface area (Å²) in [6, 6.07) is 5.05. The number of halogens is 2. The zero-order chi connectivity index (χ0) is 11.8. The van der Waals surface area contributed by atoms with Crippen LogP contribution in [0.15, 0.2) is 12.1 Å². The fraction of sp³-hybridized carbons (Fsp3) is 0.417. The lowest BCUT2D eigenvalue weighted by Gasteiger charge is -2.36. The van der Waals surface area contributed by atoms with Gasteiger partial charge in [-0.15, -0.1) is 0 Å². The molecule has 0 saturated heterocycles. The van der Waals surface area contributed by atoms with E-state index in [1.54, 1.807) is 0 Å². The first-order chi connectivity index (χ1) is 7.63. The quantitative estimate of drug-likeness (QED) is 0.792. The van der Waals surface area contributed by atoms with Gasteiger partial charge in [0.05, 0.1) is 23.6 Å². The van der Waals surface area contributed by atoms with Crippen molar-refractivity contribution >= 4 is 11.6 Å². The predicted octanol–water partition coefficient (Wildman–Crippen LogP) is 3.43. The Hall–Kier alpha value is -1.27. The van der Waals surface area contributed by atoms with E-state index in [0.717, 1.165) is 19.3 Å². The fourth-order valence-electron chi connectivity index (χ4n) is 2.04. The van der Waals surface area contributed by atoms with Gasteiger partial charge in [0.15, 0.2) is 0 Å². The Morgan fingerprint density at radius 2 is 2.19 bits per heavy atom. The van der Waals surface area contributed by atoms with Gasteiger partial charge in [-0.2, -0.15) is 5.26 Å². The molecule has 0 unspecified atom stereocenters. The van der Waals surface area contributed by atoms with Crippen molar-refractivity contribution in [2.45, 2.75) is 24.7 Å². The van der Waals surface area contributed by atoms with E-state index in [1.165, 1.54) is 19.2 Å². The molecule has 1 aliphatic rings. The normalized spacial score (nSPS) is 17.4. The molecule has 0 N–H and O–H groups in total. The van der Waals surface area contributed by atoms with Crippen LogP contribution in [0.4, 0.5) is 4.39 Å². The van der Waals surface area contributed by atoms with Crippen molar-refractivity contribution in [2.24, 2.45) is 0 Å². The van der Waals surface area contributed by atoms with Crippen molar-refractivity contribution < 1.29 is 9.13 Å². The monoisotopic (exact) mass is 239 g/mol. The topological polar surface area (TPSA) is 33.0 Å². The molecular formula is C12H11ClFNO. The third-order valence-electron chi connectivity index (χ3n) is 3.18. The van der Waals surface area contributed by atoms with E-state index in [1.807, 2.05) is 0 Å². The third-order valence-corrected chi connectivity index (χ3v) is 3.47. The second-order valence-corrected chi connectivity index (χ2v) is 4.42. The Morgan fingerprint density at radius 3 is 2.62 bits per heavy atom. The molecule has 0 aromatic heterocycles. The van der Waals surface area contributed by atoms with Gasteiger partial charge in [0.25, 0.3) is 0 Å². The summed E-state index contributed by atoms with van der Waals surface area (Å²) in [5.41, 5.74) is 0.165. The lowest BCUT2D eigenvalue weighted by Crippen LogP contribution is -2.32. The molecule has 0 atom stereocenters. The van der Waals surface area contributed by atoms with Crippen LogP contribution in [0.2, 0.25) is 5.02 Å². The van der Waals surface area contributed by atoms with Crippen molar-refractivity contribution in [3.63, 3.8) is 0 Å². The van der Waals surface area contributed by atoms with Crippen LogP contribution in [0.1, 0.15) is 24.8 Å². The number of benzene rings is 1. The number of nitrogens with zero attached hydrogens (tertiary/aromatic N) is 1. The minimum atomic E-state index is -0.539. The molecule has 2 rings (SSSR count). The highest BCUT2D eigenvalue weighted by Crippen LogP contribution is 2.47. The number of ether oxygens (including phenoxy) is 1. The molecule has 16 heavy (non-hydrogen) atoms. The summed E-state index contributed by atoms with van der Waals surface area (Å²) in [5.74, 6) is -0.113. The third kappa shape index (κ3) is 1.54. The Bertz CT molecular complexity index is 463. The molecule has 0 radical (unpaired) electrons. The first kappa shape index (κ1) is 11.2. The van der Waals surface area contributed by atoms with Gasteiger partial charge in [-0.3, -0.25) is 0 Å². The fourth-order valence-corrected chi connectivity index (χ4v) is 2.21. The van der Waals surface area contributed by atoms with Crippen molar-refractivity contribution in [3.05, 3.63) is 28.5 Å². The highest BCUT2D eigenvalue weighted by atomic mass is 35.5.